The van der Waals surface area contributed by atoms with Crippen molar-refractivity contribution in [1.82, 2.24) is 0 Å². The first-order valence-electron chi connectivity index (χ1n) is 4.96. The molecule has 0 aromatic heterocycles. The van der Waals surface area contributed by atoms with Crippen LogP contribution in [0.4, 0.5) is 17.1 Å². The Morgan fingerprint density at radius 2 is 1.44 bits per heavy atom. The average Bonchev–Trinajstić information content (AvgIpc) is 2.34. The molecule has 2 aromatic rings. The number of nitrogen functional groups attached to an aromatic ring is 1. The summed E-state index contributed by atoms with van der Waals surface area (Å²) in [5.74, 6) is 0. The van der Waals surface area contributed by atoms with Crippen LogP contribution in [0.5, 0.6) is 0 Å². The second kappa shape index (κ2) is 4.49. The molecule has 16 heavy (non-hydrogen) atoms. The van der Waals surface area contributed by atoms with Crippen LogP contribution < -0.4 is 10.6 Å². The van der Waals surface area contributed by atoms with Gasteiger partial charge in [-0.15, -0.1) is 0 Å². The van der Waals surface area contributed by atoms with E-state index < -0.39 is 0 Å². The van der Waals surface area contributed by atoms with Gasteiger partial charge >= 0.3 is 0 Å². The first-order chi connectivity index (χ1) is 7.81. The lowest BCUT2D eigenvalue weighted by Crippen LogP contribution is -2.13. The second-order valence-electron chi connectivity index (χ2n) is 3.40. The number of para-hydroxylation sites is 1. The van der Waals surface area contributed by atoms with Crippen LogP contribution in [0.1, 0.15) is 0 Å². The van der Waals surface area contributed by atoms with Crippen LogP contribution in [-0.4, -0.2) is 6.41 Å². The Kier molecular flexibility index (Phi) is 2.87. The van der Waals surface area contributed by atoms with Gasteiger partial charge in [0.05, 0.1) is 0 Å². The molecule has 3 nitrogen and oxygen atoms in total. The van der Waals surface area contributed by atoms with Crippen LogP contribution in [0.3, 0.4) is 0 Å². The van der Waals surface area contributed by atoms with Gasteiger partial charge in [-0.1, -0.05) is 18.2 Å². The Bertz CT molecular complexity index is 465. The molecule has 0 aliphatic rings. The Balaban J connectivity index is 2.37. The molecule has 0 unspecified atom stereocenters. The maximum Gasteiger partial charge on any atom is 0.218 e. The number of carbonyl (C=O) groups excluding carboxylic acids is 1. The van der Waals surface area contributed by atoms with E-state index in [-0.39, 0.29) is 0 Å². The van der Waals surface area contributed by atoms with Gasteiger partial charge in [0.25, 0.3) is 0 Å². The van der Waals surface area contributed by atoms with Crippen LogP contribution in [0.15, 0.2) is 54.6 Å². The highest BCUT2D eigenvalue weighted by Crippen LogP contribution is 2.23. The van der Waals surface area contributed by atoms with Crippen LogP contribution >= 0.6 is 0 Å². The van der Waals surface area contributed by atoms with Crippen molar-refractivity contribution in [3.8, 4) is 0 Å². The van der Waals surface area contributed by atoms with Gasteiger partial charge in [0.1, 0.15) is 0 Å². The predicted molar refractivity (Wildman–Crippen MR) is 65.5 cm³/mol. The van der Waals surface area contributed by atoms with Crippen molar-refractivity contribution in [1.29, 1.82) is 0 Å². The molecule has 0 bridgehead atoms. The quantitative estimate of drug-likeness (QED) is 0.627. The largest absolute Gasteiger partial charge is 0.399 e. The van der Waals surface area contributed by atoms with Crippen LogP contribution in [0, 0.1) is 0 Å². The number of rotatable bonds is 3. The maximum atomic E-state index is 11.1. The van der Waals surface area contributed by atoms with Crippen LogP contribution in [-0.2, 0) is 4.79 Å². The predicted octanol–water partition coefficient (Wildman–Crippen LogP) is 2.56. The molecule has 0 heterocycles. The molecular weight excluding hydrogens is 200 g/mol. The summed E-state index contributed by atoms with van der Waals surface area (Å²) in [6.45, 7) is 0. The molecule has 2 aromatic carbocycles. The minimum absolute atomic E-state index is 0.683. The molecule has 0 saturated heterocycles. The van der Waals surface area contributed by atoms with Gasteiger partial charge in [0.2, 0.25) is 6.41 Å². The second-order valence-corrected chi connectivity index (χ2v) is 3.40. The molecule has 0 aliphatic heterocycles. The van der Waals surface area contributed by atoms with Gasteiger partial charge in [0, 0.05) is 17.1 Å². The number of carbonyl (C=O) groups is 1. The summed E-state index contributed by atoms with van der Waals surface area (Å²) in [6.07, 6.45) is 0.793. The third-order valence-electron chi connectivity index (χ3n) is 2.31. The highest BCUT2D eigenvalue weighted by atomic mass is 16.1. The molecule has 0 fully saturated rings. The van der Waals surface area contributed by atoms with Gasteiger partial charge in [-0.25, -0.2) is 0 Å². The van der Waals surface area contributed by atoms with Crippen molar-refractivity contribution < 1.29 is 4.79 Å². The van der Waals surface area contributed by atoms with Crippen molar-refractivity contribution in [3.05, 3.63) is 54.6 Å². The summed E-state index contributed by atoms with van der Waals surface area (Å²) < 4.78 is 0. The molecule has 0 spiro atoms. The number of hydrogen-bond donors (Lipinski definition) is 1. The van der Waals surface area contributed by atoms with E-state index in [1.807, 2.05) is 42.5 Å². The lowest BCUT2D eigenvalue weighted by atomic mass is 10.2. The third kappa shape index (κ3) is 2.03. The van der Waals surface area contributed by atoms with Crippen LogP contribution in [0.2, 0.25) is 0 Å². The third-order valence-corrected chi connectivity index (χ3v) is 2.31. The minimum atomic E-state index is 0.683. The van der Waals surface area contributed by atoms with E-state index in [4.69, 9.17) is 5.73 Å². The van der Waals surface area contributed by atoms with Gasteiger partial charge in [-0.3, -0.25) is 9.69 Å². The van der Waals surface area contributed by atoms with Gasteiger partial charge in [-0.05, 0) is 36.4 Å². The standard InChI is InChI=1S/C13H12N2O/c14-11-6-8-13(9-7-11)15(10-16)12-4-2-1-3-5-12/h1-10H,14H2. The molecule has 2 N–H and O–H groups in total. The summed E-state index contributed by atoms with van der Waals surface area (Å²) in [7, 11) is 0. The molecule has 0 atom stereocenters. The van der Waals surface area contributed by atoms with Gasteiger partial charge in [-0.2, -0.15) is 0 Å². The van der Waals surface area contributed by atoms with Crippen LogP contribution in [0.25, 0.3) is 0 Å². The van der Waals surface area contributed by atoms with Gasteiger partial charge < -0.3 is 5.73 Å². The molecule has 0 saturated carbocycles. The lowest BCUT2D eigenvalue weighted by Gasteiger charge is -2.17. The topological polar surface area (TPSA) is 46.3 Å². The molecule has 80 valence electrons. The fraction of sp³-hybridized carbons (Fsp3) is 0. The number of nitrogens with zero attached hydrogens (tertiary/aromatic N) is 1. The Hall–Kier alpha value is -2.29. The van der Waals surface area contributed by atoms with Crippen molar-refractivity contribution in [2.24, 2.45) is 0 Å². The fourth-order valence-corrected chi connectivity index (χ4v) is 1.49. The first-order valence-corrected chi connectivity index (χ1v) is 4.96. The molecule has 2 rings (SSSR count). The Labute approximate surface area is 94.1 Å². The van der Waals surface area contributed by atoms with E-state index in [0.717, 1.165) is 17.8 Å². The highest BCUT2D eigenvalue weighted by Gasteiger charge is 2.06. The van der Waals surface area contributed by atoms with E-state index in [0.29, 0.717) is 5.69 Å². The summed E-state index contributed by atoms with van der Waals surface area (Å²) in [5, 5.41) is 0. The Morgan fingerprint density at radius 1 is 0.875 bits per heavy atom. The van der Waals surface area contributed by atoms with E-state index in [1.54, 1.807) is 17.0 Å². The monoisotopic (exact) mass is 212 g/mol. The smallest absolute Gasteiger partial charge is 0.218 e. The Morgan fingerprint density at radius 3 is 2.00 bits per heavy atom. The normalized spacial score (nSPS) is 9.75. The zero-order chi connectivity index (χ0) is 11.4. The number of amides is 1. The summed E-state index contributed by atoms with van der Waals surface area (Å²) in [5.41, 5.74) is 7.92. The number of hydrogen-bond acceptors (Lipinski definition) is 2. The summed E-state index contributed by atoms with van der Waals surface area (Å²) >= 11 is 0. The fourth-order valence-electron chi connectivity index (χ4n) is 1.49. The van der Waals surface area contributed by atoms with E-state index in [2.05, 4.69) is 0 Å². The number of nitrogens with two attached hydrogens (primary N) is 1. The SMILES string of the molecule is Nc1ccc(N(C=O)c2ccccc2)cc1. The van der Waals surface area contributed by atoms with Gasteiger partial charge in [0.15, 0.2) is 0 Å². The zero-order valence-corrected chi connectivity index (χ0v) is 8.71. The number of anilines is 3. The molecule has 0 aliphatic carbocycles. The highest BCUT2D eigenvalue weighted by molar-refractivity contribution is 5.86. The lowest BCUT2D eigenvalue weighted by molar-refractivity contribution is -0.106. The van der Waals surface area contributed by atoms with Crippen molar-refractivity contribution in [2.45, 2.75) is 0 Å². The molecule has 1 amide bonds. The zero-order valence-electron chi connectivity index (χ0n) is 8.71. The number of benzene rings is 2. The average molecular weight is 212 g/mol. The molecule has 3 heteroatoms. The summed E-state index contributed by atoms with van der Waals surface area (Å²) in [6, 6.07) is 16.6. The van der Waals surface area contributed by atoms with Crippen molar-refractivity contribution >= 4 is 23.5 Å². The minimum Gasteiger partial charge on any atom is -0.399 e. The summed E-state index contributed by atoms with van der Waals surface area (Å²) in [4.78, 5) is 12.7. The molecular formula is C13H12N2O. The van der Waals surface area contributed by atoms with E-state index >= 15 is 0 Å². The van der Waals surface area contributed by atoms with E-state index in [9.17, 15) is 4.79 Å². The first kappa shape index (κ1) is 10.2. The maximum absolute atomic E-state index is 11.1. The van der Waals surface area contributed by atoms with E-state index in [1.165, 1.54) is 0 Å². The van der Waals surface area contributed by atoms with Crippen molar-refractivity contribution in [3.63, 3.8) is 0 Å². The molecule has 0 radical (unpaired) electrons. The van der Waals surface area contributed by atoms with Crippen molar-refractivity contribution in [2.75, 3.05) is 10.6 Å².